The predicted molar refractivity (Wildman–Crippen MR) is 126 cm³/mol. The van der Waals surface area contributed by atoms with Crippen molar-refractivity contribution in [2.24, 2.45) is 0 Å². The summed E-state index contributed by atoms with van der Waals surface area (Å²) >= 11 is 6.09. The Kier molecular flexibility index (Phi) is 5.89. The molecule has 1 heterocycles. The molecule has 1 atom stereocenters. The van der Waals surface area contributed by atoms with Gasteiger partial charge in [0.05, 0.1) is 12.2 Å². The standard InChI is InChI=1S/C26H24ClFN2O3/c1-25(2,3)33-24(32)29-26(18-12-14-19(27)15-13-18)20-10-7-11-21(28)22(20)30(23(26)31)16-17-8-5-4-6-9-17/h4-15H,16H2,1-3H3,(H,29,32)/t26-/m1/s1. The van der Waals surface area contributed by atoms with E-state index in [1.54, 1.807) is 51.1 Å². The van der Waals surface area contributed by atoms with Gasteiger partial charge in [-0.1, -0.05) is 66.2 Å². The molecule has 0 aromatic heterocycles. The number of nitrogens with one attached hydrogen (secondary N) is 1. The number of nitrogens with zero attached hydrogens (tertiary/aromatic N) is 1. The first-order valence-corrected chi connectivity index (χ1v) is 10.9. The molecule has 0 bridgehead atoms. The highest BCUT2D eigenvalue weighted by atomic mass is 35.5. The Morgan fingerprint density at radius 2 is 1.70 bits per heavy atom. The molecule has 1 N–H and O–H groups in total. The third-order valence-electron chi connectivity index (χ3n) is 5.38. The minimum absolute atomic E-state index is 0.123. The van der Waals surface area contributed by atoms with E-state index < -0.39 is 29.0 Å². The van der Waals surface area contributed by atoms with Crippen LogP contribution in [0.25, 0.3) is 0 Å². The monoisotopic (exact) mass is 466 g/mol. The van der Waals surface area contributed by atoms with Gasteiger partial charge in [0.1, 0.15) is 11.4 Å². The average molecular weight is 467 g/mol. The summed E-state index contributed by atoms with van der Waals surface area (Å²) in [6, 6.07) is 20.3. The van der Waals surface area contributed by atoms with Gasteiger partial charge in [-0.15, -0.1) is 0 Å². The normalized spacial score (nSPS) is 17.6. The van der Waals surface area contributed by atoms with Crippen molar-refractivity contribution in [3.05, 3.63) is 100 Å². The molecule has 1 aliphatic rings. The summed E-state index contributed by atoms with van der Waals surface area (Å²) in [7, 11) is 0. The molecule has 170 valence electrons. The molecule has 0 aliphatic carbocycles. The number of amides is 2. The molecule has 0 saturated heterocycles. The van der Waals surface area contributed by atoms with E-state index in [-0.39, 0.29) is 12.2 Å². The first-order valence-electron chi connectivity index (χ1n) is 10.5. The van der Waals surface area contributed by atoms with Crippen LogP contribution in [0.3, 0.4) is 0 Å². The molecule has 1 aliphatic heterocycles. The van der Waals surface area contributed by atoms with E-state index in [0.717, 1.165) is 5.56 Å². The van der Waals surface area contributed by atoms with Crippen LogP contribution in [0.1, 0.15) is 37.5 Å². The lowest BCUT2D eigenvalue weighted by molar-refractivity contribution is -0.123. The SMILES string of the molecule is CC(C)(C)OC(=O)N[C@@]1(c2ccc(Cl)cc2)C(=O)N(Cc2ccccc2)c2c(F)cccc21. The zero-order valence-corrected chi connectivity index (χ0v) is 19.3. The molecular weight excluding hydrogens is 443 g/mol. The second-order valence-corrected chi connectivity index (χ2v) is 9.33. The Labute approximate surface area is 197 Å². The molecule has 2 amide bonds. The zero-order valence-electron chi connectivity index (χ0n) is 18.6. The van der Waals surface area contributed by atoms with Crippen molar-refractivity contribution in [1.82, 2.24) is 5.32 Å². The Morgan fingerprint density at radius 1 is 1.03 bits per heavy atom. The topological polar surface area (TPSA) is 58.6 Å². The maximum absolute atomic E-state index is 15.2. The van der Waals surface area contributed by atoms with Gasteiger partial charge in [-0.3, -0.25) is 10.1 Å². The van der Waals surface area contributed by atoms with Crippen LogP contribution in [0.4, 0.5) is 14.9 Å². The number of para-hydroxylation sites is 1. The quantitative estimate of drug-likeness (QED) is 0.529. The number of hydrogen-bond acceptors (Lipinski definition) is 3. The maximum atomic E-state index is 15.2. The minimum Gasteiger partial charge on any atom is -0.444 e. The second kappa shape index (κ2) is 8.52. The number of anilines is 1. The molecule has 7 heteroatoms. The molecule has 0 fully saturated rings. The van der Waals surface area contributed by atoms with E-state index in [1.807, 2.05) is 30.3 Å². The van der Waals surface area contributed by atoms with Crippen molar-refractivity contribution in [3.63, 3.8) is 0 Å². The first-order chi connectivity index (χ1) is 15.6. The fraction of sp³-hybridized carbons (Fsp3) is 0.231. The number of halogens is 2. The number of rotatable bonds is 4. The molecule has 33 heavy (non-hydrogen) atoms. The Morgan fingerprint density at radius 3 is 2.33 bits per heavy atom. The Hall–Kier alpha value is -3.38. The van der Waals surface area contributed by atoms with Crippen molar-refractivity contribution in [2.75, 3.05) is 4.90 Å². The molecule has 3 aromatic rings. The molecule has 0 spiro atoms. The highest BCUT2D eigenvalue weighted by molar-refractivity contribution is 6.30. The van der Waals surface area contributed by atoms with Gasteiger partial charge in [0.25, 0.3) is 5.91 Å². The predicted octanol–water partition coefficient (Wildman–Crippen LogP) is 5.79. The number of fused-ring (bicyclic) bond motifs is 1. The van der Waals surface area contributed by atoms with Crippen molar-refractivity contribution in [1.29, 1.82) is 0 Å². The fourth-order valence-corrected chi connectivity index (χ4v) is 4.18. The third-order valence-corrected chi connectivity index (χ3v) is 5.63. The van der Waals surface area contributed by atoms with Crippen LogP contribution in [-0.4, -0.2) is 17.6 Å². The molecular formula is C26H24ClFN2O3. The highest BCUT2D eigenvalue weighted by Crippen LogP contribution is 2.46. The molecule has 0 radical (unpaired) electrons. The van der Waals surface area contributed by atoms with Crippen LogP contribution in [0, 0.1) is 5.82 Å². The van der Waals surface area contributed by atoms with Gasteiger partial charge >= 0.3 is 6.09 Å². The lowest BCUT2D eigenvalue weighted by Gasteiger charge is -2.32. The van der Waals surface area contributed by atoms with Crippen molar-refractivity contribution < 1.29 is 18.7 Å². The average Bonchev–Trinajstić information content (AvgIpc) is 2.98. The van der Waals surface area contributed by atoms with Gasteiger partial charge in [0.2, 0.25) is 0 Å². The number of carbonyl (C=O) groups is 2. The van der Waals surface area contributed by atoms with Crippen molar-refractivity contribution >= 4 is 29.3 Å². The van der Waals surface area contributed by atoms with Gasteiger partial charge in [0.15, 0.2) is 5.54 Å². The summed E-state index contributed by atoms with van der Waals surface area (Å²) in [4.78, 5) is 28.4. The van der Waals surface area contributed by atoms with Gasteiger partial charge in [-0.2, -0.15) is 0 Å². The van der Waals surface area contributed by atoms with Gasteiger partial charge < -0.3 is 9.64 Å². The number of ether oxygens (including phenoxy) is 1. The first kappa shape index (κ1) is 22.8. The van der Waals surface area contributed by atoms with Crippen molar-refractivity contribution in [3.8, 4) is 0 Å². The summed E-state index contributed by atoms with van der Waals surface area (Å²) in [6.07, 6.45) is -0.789. The van der Waals surface area contributed by atoms with Crippen LogP contribution in [0.5, 0.6) is 0 Å². The second-order valence-electron chi connectivity index (χ2n) is 8.90. The van der Waals surface area contributed by atoms with E-state index in [0.29, 0.717) is 16.1 Å². The minimum atomic E-state index is -1.68. The fourth-order valence-electron chi connectivity index (χ4n) is 4.06. The summed E-state index contributed by atoms with van der Waals surface area (Å²) in [5.41, 5.74) is -0.746. The van der Waals surface area contributed by atoms with E-state index in [2.05, 4.69) is 5.32 Å². The van der Waals surface area contributed by atoms with Gasteiger partial charge in [-0.25, -0.2) is 9.18 Å². The smallest absolute Gasteiger partial charge is 0.409 e. The highest BCUT2D eigenvalue weighted by Gasteiger charge is 2.55. The molecule has 0 unspecified atom stereocenters. The lowest BCUT2D eigenvalue weighted by atomic mass is 9.84. The van der Waals surface area contributed by atoms with Crippen LogP contribution >= 0.6 is 11.6 Å². The van der Waals surface area contributed by atoms with E-state index in [9.17, 15) is 9.59 Å². The maximum Gasteiger partial charge on any atom is 0.409 e. The summed E-state index contributed by atoms with van der Waals surface area (Å²) in [5, 5.41) is 3.24. The number of alkyl carbamates (subject to hydrolysis) is 1. The number of carbonyl (C=O) groups excluding carboxylic acids is 2. The van der Waals surface area contributed by atoms with Gasteiger partial charge in [-0.05, 0) is 50.1 Å². The zero-order chi connectivity index (χ0) is 23.8. The molecule has 5 nitrogen and oxygen atoms in total. The van der Waals surface area contributed by atoms with Crippen LogP contribution in [-0.2, 0) is 21.6 Å². The lowest BCUT2D eigenvalue weighted by Crippen LogP contribution is -2.54. The van der Waals surface area contributed by atoms with Crippen molar-refractivity contribution in [2.45, 2.75) is 38.5 Å². The Balaban J connectivity index is 1.90. The Bertz CT molecular complexity index is 1190. The van der Waals surface area contributed by atoms with Crippen LogP contribution in [0.15, 0.2) is 72.8 Å². The van der Waals surface area contributed by atoms with E-state index >= 15 is 4.39 Å². The van der Waals surface area contributed by atoms with Crippen LogP contribution in [0.2, 0.25) is 5.02 Å². The molecule has 0 saturated carbocycles. The summed E-state index contributed by atoms with van der Waals surface area (Å²) in [5.74, 6) is -1.04. The number of hydrogen-bond donors (Lipinski definition) is 1. The number of benzene rings is 3. The largest absolute Gasteiger partial charge is 0.444 e. The molecule has 3 aromatic carbocycles. The van der Waals surface area contributed by atoms with Crippen LogP contribution < -0.4 is 10.2 Å². The third kappa shape index (κ3) is 4.31. The van der Waals surface area contributed by atoms with Gasteiger partial charge in [0, 0.05) is 10.6 Å². The summed E-state index contributed by atoms with van der Waals surface area (Å²) < 4.78 is 20.7. The summed E-state index contributed by atoms with van der Waals surface area (Å²) in [6.45, 7) is 5.33. The van der Waals surface area contributed by atoms with E-state index in [4.69, 9.17) is 16.3 Å². The van der Waals surface area contributed by atoms with E-state index in [1.165, 1.54) is 17.0 Å². The molecule has 4 rings (SSSR count).